The lowest BCUT2D eigenvalue weighted by molar-refractivity contribution is 1.79. The third kappa shape index (κ3) is 11.2. The van der Waals surface area contributed by atoms with Crippen molar-refractivity contribution in [2.45, 2.75) is 0 Å². The topological polar surface area (TPSA) is 12.0 Å². The molecule has 0 aliphatic heterocycles. The zero-order valence-electron chi connectivity index (χ0n) is 22.0. The molecule has 36 radical (unpaired) electrons. The molecule has 0 amide bonds. The van der Waals surface area contributed by atoms with Crippen LogP contribution in [0.4, 0.5) is 0 Å². The molecule has 0 rings (SSSR count). The van der Waals surface area contributed by atoms with Crippen LogP contribution in [0.25, 0.3) is 0 Å². The van der Waals surface area contributed by atoms with Gasteiger partial charge < -0.3 is 3.43 Å². The molecule has 0 saturated heterocycles. The van der Waals surface area contributed by atoms with E-state index in [1.54, 1.807) is 22.9 Å². The van der Waals surface area contributed by atoms with E-state index in [-0.39, 0.29) is 0 Å². The van der Waals surface area contributed by atoms with E-state index in [1.165, 1.54) is 0 Å². The molecule has 0 aromatic rings. The molecule has 0 heterocycles. The van der Waals surface area contributed by atoms with Crippen LogP contribution in [0.5, 0.6) is 0 Å². The number of halogens is 1. The predicted molar refractivity (Wildman–Crippen MR) is 219 cm³/mol. The molecule has 1 N–H and O–H groups in total. The molecule has 0 bridgehead atoms. The molecule has 0 aromatic carbocycles. The van der Waals surface area contributed by atoms with E-state index in [0.717, 1.165) is 3.43 Å². The van der Waals surface area contributed by atoms with Crippen LogP contribution in [0.2, 0.25) is 1.41 Å². The summed E-state index contributed by atoms with van der Waals surface area (Å²) in [4.78, 5) is 0. The Morgan fingerprint density at radius 1 is 0.324 bits per heavy atom. The van der Waals surface area contributed by atoms with Gasteiger partial charge in [-0.1, -0.05) is 0 Å². The quantitative estimate of drug-likeness (QED) is 0.114. The second kappa shape index (κ2) is 18.6. The van der Waals surface area contributed by atoms with Crippen LogP contribution in [-0.2, 0) is 0 Å². The predicted octanol–water partition coefficient (Wildman–Crippen LogP) is -12.9. The first-order valence-electron chi connectivity index (χ1n) is 12.2. The molecular weight excluding hydrogens is 519 g/mol. The highest BCUT2D eigenvalue weighted by Crippen LogP contribution is 2.16. The standard InChI is InChI=1S/B35HIN/c1-19(2)28(20(3)4)32(27(17)18)34(31(25(13)14)26(15)16)35(37-36)33(29(21(5)6)22(7)8)30(23(9)10)24(11)12/h37H/i/hT. The Morgan fingerprint density at radius 2 is 0.486 bits per heavy atom. The monoisotopic (exact) mass is 529 g/mol. The summed E-state index contributed by atoms with van der Waals surface area (Å²) in [6.45, 7) is -1.12. The van der Waals surface area contributed by atoms with Gasteiger partial charge in [0.05, 0.1) is 0 Å². The third-order valence-electron chi connectivity index (χ3n) is 7.12. The van der Waals surface area contributed by atoms with E-state index in [1.807, 2.05) is 0 Å². The first-order valence-corrected chi connectivity index (χ1v) is 12.7. The smallest absolute Gasteiger partial charge is 0.129 e. The summed E-state index contributed by atoms with van der Waals surface area (Å²) in [5.41, 5.74) is 0. The van der Waals surface area contributed by atoms with Gasteiger partial charge in [0.15, 0.2) is 0 Å². The van der Waals surface area contributed by atoms with Gasteiger partial charge in [-0.25, -0.2) is 0 Å². The largest absolute Gasteiger partial charge is 0.319 e. The van der Waals surface area contributed by atoms with Crippen LogP contribution in [0, 0.1) is 0 Å². The molecule has 0 aromatic heterocycles. The van der Waals surface area contributed by atoms with E-state index < -0.39 is 109 Å². The summed E-state index contributed by atoms with van der Waals surface area (Å²) in [7, 11) is 111. The number of hydrogen-bond acceptors (Lipinski definition) is 1. The fourth-order valence-corrected chi connectivity index (χ4v) is 6.40. The van der Waals surface area contributed by atoms with Crippen LogP contribution in [0.1, 0.15) is 0 Å². The summed E-state index contributed by atoms with van der Waals surface area (Å²) in [6, 6.07) is 0. The lowest BCUT2D eigenvalue weighted by atomic mass is 8.33. The van der Waals surface area contributed by atoms with E-state index >= 15 is 0 Å². The second-order valence-electron chi connectivity index (χ2n) is 9.83. The van der Waals surface area contributed by atoms with Gasteiger partial charge in [0, 0.05) is 264 Å². The van der Waals surface area contributed by atoms with E-state index in [9.17, 15) is 0 Å². The molecule has 0 aliphatic carbocycles. The molecule has 37 heavy (non-hydrogen) atoms. The summed E-state index contributed by atoms with van der Waals surface area (Å²) >= 11 is 1.69. The van der Waals surface area contributed by atoms with E-state index in [0.29, 0.717) is 0 Å². The minimum absolute atomic E-state index is 0.965. The highest BCUT2D eigenvalue weighted by atomic mass is 127. The van der Waals surface area contributed by atoms with Crippen LogP contribution in [0.15, 0.2) is 0 Å². The maximum atomic E-state index is 8.84. The van der Waals surface area contributed by atoms with Crippen molar-refractivity contribution < 1.29 is 1.41 Å². The zero-order valence-corrected chi connectivity index (χ0v) is 23.2. The van der Waals surface area contributed by atoms with Crippen molar-refractivity contribution in [2.24, 2.45) is 0 Å². The SMILES string of the molecule is [3H]N(I)B(B(B(B([B])[B])B([B])[B])B(B([B])[B])B([B])[B])B(B(B([B])[B])B([B])[B])B(B([B])[B])B(B([B])[B])B([B])[B]. The lowest BCUT2D eigenvalue weighted by Crippen LogP contribution is -2.90. The average Bonchev–Trinajstić information content (AvgIpc) is 2.68. The van der Waals surface area contributed by atoms with Gasteiger partial charge in [0.2, 0.25) is 0 Å². The average molecular weight is 522 g/mol. The van der Waals surface area contributed by atoms with Gasteiger partial charge in [-0.15, -0.1) is 0 Å². The number of hydrogen-bond donors (Lipinski definition) is 1. The zero-order chi connectivity index (χ0) is 30.4. The fourth-order valence-electron chi connectivity index (χ4n) is 5.66. The molecule has 0 atom stereocenters. The van der Waals surface area contributed by atoms with Crippen molar-refractivity contribution >= 4 is 271 Å². The van der Waals surface area contributed by atoms with Crippen LogP contribution >= 0.6 is 22.9 Å². The highest BCUT2D eigenvalue weighted by molar-refractivity contribution is 14.1. The van der Waals surface area contributed by atoms with Crippen molar-refractivity contribution in [1.82, 2.24) is 3.43 Å². The Morgan fingerprint density at radius 3 is 0.649 bits per heavy atom. The van der Waals surface area contributed by atoms with Gasteiger partial charge in [0.1, 0.15) is 8.04 Å². The van der Waals surface area contributed by atoms with Gasteiger partial charge >= 0.3 is 0 Å². The first-order chi connectivity index (χ1) is 17.2. The fraction of sp³-hybridized carbons (Fsp3) is 0. The Hall–Kier alpha value is 2.96. The van der Waals surface area contributed by atoms with Crippen molar-refractivity contribution in [3.8, 4) is 0 Å². The minimum Gasteiger partial charge on any atom is -0.319 e. The summed E-state index contributed by atoms with van der Waals surface area (Å²) in [5.74, 6) is 0. The number of nitrogens with one attached hydrogen (secondary N) is 1. The van der Waals surface area contributed by atoms with Crippen molar-refractivity contribution in [2.75, 3.05) is 0 Å². The van der Waals surface area contributed by atoms with Crippen molar-refractivity contribution in [3.05, 3.63) is 0 Å². The van der Waals surface area contributed by atoms with Gasteiger partial charge in [-0.2, -0.15) is 0 Å². The molecule has 118 valence electrons. The molecule has 0 saturated carbocycles. The Kier molecular flexibility index (Phi) is 19.1. The Bertz CT molecular complexity index is 569. The Balaban J connectivity index is 7.89. The van der Waals surface area contributed by atoms with Crippen LogP contribution in [-0.4, -0.2) is 248 Å². The molecule has 0 fully saturated rings. The normalized spacial score (nSPS) is 10.2. The Labute approximate surface area is 273 Å². The molecular formula is HB35IN. The molecule has 0 unspecified atom stereocenters. The third-order valence-corrected chi connectivity index (χ3v) is 7.77. The van der Waals surface area contributed by atoms with Crippen LogP contribution < -0.4 is 3.43 Å². The summed E-state index contributed by atoms with van der Waals surface area (Å²) < 4.78 is 9.85. The van der Waals surface area contributed by atoms with Gasteiger partial charge in [0.25, 0.3) is 0 Å². The van der Waals surface area contributed by atoms with Gasteiger partial charge in [-0.05, 0) is 0 Å². The maximum absolute atomic E-state index is 8.84. The highest BCUT2D eigenvalue weighted by Gasteiger charge is 2.55. The van der Waals surface area contributed by atoms with Crippen molar-refractivity contribution in [1.29, 1.82) is 0 Å². The van der Waals surface area contributed by atoms with E-state index in [2.05, 4.69) is 0 Å². The lowest BCUT2D eigenvalue weighted by Gasteiger charge is -2.50. The van der Waals surface area contributed by atoms with Gasteiger partial charge in [-0.3, -0.25) is 0 Å². The summed E-state index contributed by atoms with van der Waals surface area (Å²) in [5, 5.41) is 0. The number of rotatable bonds is 17. The van der Waals surface area contributed by atoms with Crippen LogP contribution in [0.3, 0.4) is 0 Å². The molecule has 1 nitrogen and oxygen atoms in total. The minimum atomic E-state index is -1.21. The summed E-state index contributed by atoms with van der Waals surface area (Å²) in [6.07, 6.45) is -17.5. The van der Waals surface area contributed by atoms with Crippen molar-refractivity contribution in [3.63, 3.8) is 0 Å². The van der Waals surface area contributed by atoms with E-state index in [4.69, 9.17) is 141 Å². The second-order valence-corrected chi connectivity index (χ2v) is 10.4. The molecule has 0 spiro atoms. The maximum Gasteiger partial charge on any atom is 0.129 e. The molecule has 0 aliphatic rings. The molecule has 37 heteroatoms. The first kappa shape index (κ1) is 38.0.